The summed E-state index contributed by atoms with van der Waals surface area (Å²) in [6.07, 6.45) is 4.03. The molecular formula is C13H20BrNOS. The molecule has 1 aliphatic rings. The van der Waals surface area contributed by atoms with Crippen molar-refractivity contribution < 1.29 is 5.11 Å². The molecule has 0 aliphatic heterocycles. The third kappa shape index (κ3) is 2.75. The van der Waals surface area contributed by atoms with Crippen LogP contribution in [0, 0.1) is 11.3 Å². The maximum Gasteiger partial charge on any atom is 0.0866 e. The average Bonchev–Trinajstić information content (AvgIpc) is 2.76. The zero-order valence-electron chi connectivity index (χ0n) is 10.2. The number of thiophene rings is 1. The lowest BCUT2D eigenvalue weighted by Gasteiger charge is -2.42. The molecule has 0 bridgehead atoms. The number of halogens is 1. The van der Waals surface area contributed by atoms with Crippen molar-refractivity contribution in [1.82, 2.24) is 0 Å². The second-order valence-corrected chi connectivity index (χ2v) is 7.63. The summed E-state index contributed by atoms with van der Waals surface area (Å²) in [5.41, 5.74) is 6.87. The molecule has 0 amide bonds. The first-order valence-electron chi connectivity index (χ1n) is 6.19. The molecule has 1 unspecified atom stereocenters. The predicted octanol–water partition coefficient (Wildman–Crippen LogP) is 3.70. The third-order valence-corrected chi connectivity index (χ3v) is 5.68. The first kappa shape index (κ1) is 13.5. The molecule has 96 valence electrons. The summed E-state index contributed by atoms with van der Waals surface area (Å²) in [6.45, 7) is 2.86. The van der Waals surface area contributed by atoms with Gasteiger partial charge in [-0.2, -0.15) is 0 Å². The van der Waals surface area contributed by atoms with Crippen molar-refractivity contribution in [2.45, 2.75) is 38.7 Å². The Bertz CT molecular complexity index is 371. The Morgan fingerprint density at radius 1 is 1.59 bits per heavy atom. The quantitative estimate of drug-likeness (QED) is 0.892. The first-order chi connectivity index (χ1) is 8.07. The standard InChI is InChI=1S/C13H20BrNOS/c1-9-2-4-13(8-15,5-3-9)12(16)10-6-11(14)17-7-10/h6-7,9,12,16H,2-5,8,15H2,1H3. The van der Waals surface area contributed by atoms with Gasteiger partial charge >= 0.3 is 0 Å². The lowest BCUT2D eigenvalue weighted by atomic mass is 9.66. The van der Waals surface area contributed by atoms with Crippen LogP contribution in [0.25, 0.3) is 0 Å². The van der Waals surface area contributed by atoms with Gasteiger partial charge in [-0.3, -0.25) is 0 Å². The topological polar surface area (TPSA) is 46.2 Å². The van der Waals surface area contributed by atoms with Crippen molar-refractivity contribution >= 4 is 27.3 Å². The summed E-state index contributed by atoms with van der Waals surface area (Å²) in [7, 11) is 0. The van der Waals surface area contributed by atoms with Crippen LogP contribution in [-0.2, 0) is 0 Å². The molecule has 4 heteroatoms. The number of aliphatic hydroxyl groups excluding tert-OH is 1. The highest BCUT2D eigenvalue weighted by Crippen LogP contribution is 2.47. The molecule has 1 fully saturated rings. The van der Waals surface area contributed by atoms with E-state index in [1.54, 1.807) is 11.3 Å². The molecule has 2 nitrogen and oxygen atoms in total. The molecule has 0 spiro atoms. The lowest BCUT2D eigenvalue weighted by Crippen LogP contribution is -2.39. The normalized spacial score (nSPS) is 31.4. The van der Waals surface area contributed by atoms with Gasteiger partial charge in [0.25, 0.3) is 0 Å². The maximum atomic E-state index is 10.6. The molecule has 1 aliphatic carbocycles. The minimum atomic E-state index is -0.414. The fourth-order valence-electron chi connectivity index (χ4n) is 2.75. The van der Waals surface area contributed by atoms with Crippen LogP contribution >= 0.6 is 27.3 Å². The Labute approximate surface area is 115 Å². The van der Waals surface area contributed by atoms with Crippen molar-refractivity contribution in [3.05, 3.63) is 20.8 Å². The molecule has 1 saturated carbocycles. The van der Waals surface area contributed by atoms with E-state index < -0.39 is 6.10 Å². The molecular weight excluding hydrogens is 298 g/mol. The number of rotatable bonds is 3. The summed E-state index contributed by atoms with van der Waals surface area (Å²) in [4.78, 5) is 0. The Balaban J connectivity index is 2.17. The fraction of sp³-hybridized carbons (Fsp3) is 0.692. The molecule has 3 N–H and O–H groups in total. The number of nitrogens with two attached hydrogens (primary N) is 1. The molecule has 0 aromatic carbocycles. The summed E-state index contributed by atoms with van der Waals surface area (Å²) >= 11 is 5.07. The highest BCUT2D eigenvalue weighted by atomic mass is 79.9. The molecule has 0 saturated heterocycles. The van der Waals surface area contributed by atoms with Crippen LogP contribution in [-0.4, -0.2) is 11.7 Å². The largest absolute Gasteiger partial charge is 0.388 e. The molecule has 1 heterocycles. The summed E-state index contributed by atoms with van der Waals surface area (Å²) < 4.78 is 1.07. The van der Waals surface area contributed by atoms with Gasteiger partial charge in [-0.05, 0) is 51.7 Å². The van der Waals surface area contributed by atoms with E-state index in [0.29, 0.717) is 6.54 Å². The van der Waals surface area contributed by atoms with Crippen molar-refractivity contribution in [3.63, 3.8) is 0 Å². The molecule has 1 aromatic heterocycles. The third-order valence-electron chi connectivity index (χ3n) is 4.16. The van der Waals surface area contributed by atoms with Gasteiger partial charge in [-0.15, -0.1) is 11.3 Å². The molecule has 1 atom stereocenters. The highest BCUT2D eigenvalue weighted by Gasteiger charge is 2.40. The van der Waals surface area contributed by atoms with Gasteiger partial charge in [-0.25, -0.2) is 0 Å². The van der Waals surface area contributed by atoms with Crippen molar-refractivity contribution in [3.8, 4) is 0 Å². The minimum absolute atomic E-state index is 0.104. The van der Waals surface area contributed by atoms with Crippen molar-refractivity contribution in [2.24, 2.45) is 17.1 Å². The van der Waals surface area contributed by atoms with Crippen molar-refractivity contribution in [1.29, 1.82) is 0 Å². The maximum absolute atomic E-state index is 10.6. The van der Waals surface area contributed by atoms with E-state index >= 15 is 0 Å². The van der Waals surface area contributed by atoms with Gasteiger partial charge in [0.1, 0.15) is 0 Å². The number of aliphatic hydroxyl groups is 1. The number of hydrogen-bond acceptors (Lipinski definition) is 3. The van der Waals surface area contributed by atoms with Crippen LogP contribution in [0.4, 0.5) is 0 Å². The first-order valence-corrected chi connectivity index (χ1v) is 7.87. The minimum Gasteiger partial charge on any atom is -0.388 e. The second kappa shape index (κ2) is 5.39. The Morgan fingerprint density at radius 3 is 2.71 bits per heavy atom. The van der Waals surface area contributed by atoms with E-state index in [1.807, 2.05) is 11.4 Å². The summed E-state index contributed by atoms with van der Waals surface area (Å²) in [5, 5.41) is 12.6. The van der Waals surface area contributed by atoms with Crippen LogP contribution in [0.5, 0.6) is 0 Å². The summed E-state index contributed by atoms with van der Waals surface area (Å²) in [6, 6.07) is 2.02. The van der Waals surface area contributed by atoms with Gasteiger partial charge in [0.15, 0.2) is 0 Å². The highest BCUT2D eigenvalue weighted by molar-refractivity contribution is 9.11. The van der Waals surface area contributed by atoms with Crippen molar-refractivity contribution in [2.75, 3.05) is 6.54 Å². The molecule has 17 heavy (non-hydrogen) atoms. The average molecular weight is 318 g/mol. The van der Waals surface area contributed by atoms with Gasteiger partial charge in [-0.1, -0.05) is 19.8 Å². The SMILES string of the molecule is CC1CCC(CN)(C(O)c2csc(Br)c2)CC1. The van der Waals surface area contributed by atoms with Gasteiger partial charge in [0, 0.05) is 12.0 Å². The zero-order valence-corrected chi connectivity index (χ0v) is 12.6. The summed E-state index contributed by atoms with van der Waals surface area (Å²) in [5.74, 6) is 0.774. The smallest absolute Gasteiger partial charge is 0.0866 e. The Morgan fingerprint density at radius 2 is 2.24 bits per heavy atom. The van der Waals surface area contributed by atoms with Crippen LogP contribution in [0.3, 0.4) is 0 Å². The van der Waals surface area contributed by atoms with E-state index in [0.717, 1.165) is 28.1 Å². The molecule has 0 radical (unpaired) electrons. The fourth-order valence-corrected chi connectivity index (χ4v) is 3.94. The zero-order chi connectivity index (χ0) is 12.5. The van der Waals surface area contributed by atoms with E-state index in [2.05, 4.69) is 22.9 Å². The van der Waals surface area contributed by atoms with Crippen LogP contribution in [0.1, 0.15) is 44.3 Å². The van der Waals surface area contributed by atoms with Crippen LogP contribution in [0.2, 0.25) is 0 Å². The van der Waals surface area contributed by atoms with Gasteiger partial charge in [0.2, 0.25) is 0 Å². The van der Waals surface area contributed by atoms with E-state index in [9.17, 15) is 5.11 Å². The number of hydrogen-bond donors (Lipinski definition) is 2. The monoisotopic (exact) mass is 317 g/mol. The van der Waals surface area contributed by atoms with Crippen LogP contribution in [0.15, 0.2) is 15.2 Å². The molecule has 1 aromatic rings. The van der Waals surface area contributed by atoms with Crippen LogP contribution < -0.4 is 5.73 Å². The van der Waals surface area contributed by atoms with E-state index in [-0.39, 0.29) is 5.41 Å². The van der Waals surface area contributed by atoms with Gasteiger partial charge < -0.3 is 10.8 Å². The lowest BCUT2D eigenvalue weighted by molar-refractivity contribution is -0.00794. The van der Waals surface area contributed by atoms with Gasteiger partial charge in [0.05, 0.1) is 9.89 Å². The van der Waals surface area contributed by atoms with E-state index in [1.165, 1.54) is 12.8 Å². The van der Waals surface area contributed by atoms with E-state index in [4.69, 9.17) is 5.73 Å². The predicted molar refractivity (Wildman–Crippen MR) is 76.1 cm³/mol. The molecule has 2 rings (SSSR count). The Kier molecular flexibility index (Phi) is 4.29. The second-order valence-electron chi connectivity index (χ2n) is 5.34. The Hall–Kier alpha value is 0.100.